The minimum Gasteiger partial charge on any atom is -0.490 e. The summed E-state index contributed by atoms with van der Waals surface area (Å²) in [5.74, 6) is 0.779. The molecule has 1 heterocycles. The zero-order valence-corrected chi connectivity index (χ0v) is 8.97. The van der Waals surface area contributed by atoms with Crippen LogP contribution in [-0.4, -0.2) is 16.8 Å². The van der Waals surface area contributed by atoms with E-state index in [2.05, 4.69) is 24.0 Å². The third-order valence-electron chi connectivity index (χ3n) is 1.98. The molecule has 14 heavy (non-hydrogen) atoms. The number of aromatic amines is 1. The molecule has 0 saturated heterocycles. The molecule has 78 valence electrons. The molecule has 0 unspecified atom stereocenters. The van der Waals surface area contributed by atoms with Crippen molar-refractivity contribution in [2.45, 2.75) is 20.3 Å². The predicted molar refractivity (Wildman–Crippen MR) is 54.8 cm³/mol. The van der Waals surface area contributed by atoms with E-state index in [1.165, 1.54) is 6.20 Å². The Balaban J connectivity index is 2.68. The third kappa shape index (κ3) is 2.73. The summed E-state index contributed by atoms with van der Waals surface area (Å²) in [6, 6.07) is 0. The number of ether oxygens (including phenoxy) is 1. The Hall–Kier alpha value is -1.03. The Bertz CT molecular complexity index is 351. The first-order valence-corrected chi connectivity index (χ1v) is 4.89. The summed E-state index contributed by atoms with van der Waals surface area (Å²) in [5.41, 5.74) is -0.423. The number of rotatable bonds is 4. The largest absolute Gasteiger partial charge is 0.490 e. The van der Waals surface area contributed by atoms with Crippen molar-refractivity contribution in [1.82, 2.24) is 10.2 Å². The SMILES string of the molecule is CC[C@@H](C)COc1cn[nH]c(=O)c1Cl. The van der Waals surface area contributed by atoms with Gasteiger partial charge in [-0.15, -0.1) is 0 Å². The van der Waals surface area contributed by atoms with E-state index < -0.39 is 5.56 Å². The molecule has 5 heteroatoms. The maximum Gasteiger partial charge on any atom is 0.286 e. The molecule has 4 nitrogen and oxygen atoms in total. The van der Waals surface area contributed by atoms with Crippen LogP contribution in [0.5, 0.6) is 5.75 Å². The van der Waals surface area contributed by atoms with Gasteiger partial charge in [-0.05, 0) is 5.92 Å². The second-order valence-corrected chi connectivity index (χ2v) is 3.58. The number of nitrogens with zero attached hydrogens (tertiary/aromatic N) is 1. The van der Waals surface area contributed by atoms with Crippen LogP contribution in [0.1, 0.15) is 20.3 Å². The normalized spacial score (nSPS) is 12.5. The van der Waals surface area contributed by atoms with Crippen LogP contribution in [0.4, 0.5) is 0 Å². The van der Waals surface area contributed by atoms with Crippen LogP contribution in [0.2, 0.25) is 5.02 Å². The molecule has 0 bridgehead atoms. The third-order valence-corrected chi connectivity index (χ3v) is 2.34. The van der Waals surface area contributed by atoms with Gasteiger partial charge in [0.15, 0.2) is 10.8 Å². The molecule has 1 N–H and O–H groups in total. The van der Waals surface area contributed by atoms with Crippen LogP contribution < -0.4 is 10.3 Å². The smallest absolute Gasteiger partial charge is 0.286 e. The fourth-order valence-corrected chi connectivity index (χ4v) is 0.963. The van der Waals surface area contributed by atoms with Crippen molar-refractivity contribution in [3.63, 3.8) is 0 Å². The van der Waals surface area contributed by atoms with Crippen molar-refractivity contribution in [3.05, 3.63) is 21.6 Å². The Kier molecular flexibility index (Phi) is 3.95. The number of nitrogens with one attached hydrogen (secondary N) is 1. The molecular weight excluding hydrogens is 204 g/mol. The van der Waals surface area contributed by atoms with E-state index >= 15 is 0 Å². The monoisotopic (exact) mass is 216 g/mol. The summed E-state index contributed by atoms with van der Waals surface area (Å²) >= 11 is 5.71. The number of hydrogen-bond acceptors (Lipinski definition) is 3. The minimum atomic E-state index is -0.423. The van der Waals surface area contributed by atoms with E-state index in [0.29, 0.717) is 18.3 Å². The van der Waals surface area contributed by atoms with Gasteiger partial charge in [-0.2, -0.15) is 5.10 Å². The van der Waals surface area contributed by atoms with E-state index in [9.17, 15) is 4.79 Å². The fraction of sp³-hybridized carbons (Fsp3) is 0.556. The lowest BCUT2D eigenvalue weighted by atomic mass is 10.1. The summed E-state index contributed by atoms with van der Waals surface area (Å²) in [4.78, 5) is 11.0. The molecule has 1 rings (SSSR count). The Morgan fingerprint density at radius 3 is 3.07 bits per heavy atom. The minimum absolute atomic E-state index is 0.0586. The van der Waals surface area contributed by atoms with Crippen molar-refractivity contribution in [1.29, 1.82) is 0 Å². The van der Waals surface area contributed by atoms with Gasteiger partial charge in [0.1, 0.15) is 0 Å². The summed E-state index contributed by atoms with van der Waals surface area (Å²) in [5, 5.41) is 5.88. The number of aromatic nitrogens is 2. The molecule has 0 radical (unpaired) electrons. The average molecular weight is 217 g/mol. The van der Waals surface area contributed by atoms with Crippen molar-refractivity contribution >= 4 is 11.6 Å². The van der Waals surface area contributed by atoms with Gasteiger partial charge in [0, 0.05) is 0 Å². The number of halogens is 1. The van der Waals surface area contributed by atoms with Gasteiger partial charge in [-0.25, -0.2) is 5.10 Å². The Labute approximate surface area is 87.2 Å². The van der Waals surface area contributed by atoms with Gasteiger partial charge in [0.25, 0.3) is 5.56 Å². The second-order valence-electron chi connectivity index (χ2n) is 3.20. The van der Waals surface area contributed by atoms with Crippen LogP contribution >= 0.6 is 11.6 Å². The van der Waals surface area contributed by atoms with Crippen LogP contribution in [0.25, 0.3) is 0 Å². The first-order chi connectivity index (χ1) is 6.65. The van der Waals surface area contributed by atoms with E-state index in [4.69, 9.17) is 16.3 Å². The van der Waals surface area contributed by atoms with Gasteiger partial charge in [-0.3, -0.25) is 4.79 Å². The Morgan fingerprint density at radius 2 is 2.43 bits per heavy atom. The van der Waals surface area contributed by atoms with Gasteiger partial charge >= 0.3 is 0 Å². The van der Waals surface area contributed by atoms with Crippen molar-refractivity contribution in [3.8, 4) is 5.75 Å². The first-order valence-electron chi connectivity index (χ1n) is 4.51. The second kappa shape index (κ2) is 5.00. The lowest BCUT2D eigenvalue weighted by Crippen LogP contribution is -2.13. The fourth-order valence-electron chi connectivity index (χ4n) is 0.818. The van der Waals surface area contributed by atoms with Crippen molar-refractivity contribution in [2.24, 2.45) is 5.92 Å². The quantitative estimate of drug-likeness (QED) is 0.836. The molecule has 0 spiro atoms. The lowest BCUT2D eigenvalue weighted by Gasteiger charge is -2.10. The standard InChI is InChI=1S/C9H13ClN2O2/c1-3-6(2)5-14-7-4-11-12-9(13)8(7)10/h4,6H,3,5H2,1-2H3,(H,12,13)/t6-/m1/s1. The summed E-state index contributed by atoms with van der Waals surface area (Å²) in [7, 11) is 0. The molecular formula is C9H13ClN2O2. The van der Waals surface area contributed by atoms with Gasteiger partial charge < -0.3 is 4.74 Å². The molecule has 1 atom stereocenters. The lowest BCUT2D eigenvalue weighted by molar-refractivity contribution is 0.255. The van der Waals surface area contributed by atoms with Gasteiger partial charge in [0.2, 0.25) is 0 Å². The van der Waals surface area contributed by atoms with Crippen molar-refractivity contribution in [2.75, 3.05) is 6.61 Å². The highest BCUT2D eigenvalue weighted by molar-refractivity contribution is 6.31. The molecule has 1 aromatic heterocycles. The topological polar surface area (TPSA) is 55.0 Å². The maximum absolute atomic E-state index is 11.0. The predicted octanol–water partition coefficient (Wildman–Crippen LogP) is 1.85. The highest BCUT2D eigenvalue weighted by atomic mass is 35.5. The van der Waals surface area contributed by atoms with Crippen LogP contribution in [0, 0.1) is 5.92 Å². The van der Waals surface area contributed by atoms with E-state index in [1.54, 1.807) is 0 Å². The van der Waals surface area contributed by atoms with E-state index in [1.807, 2.05) is 0 Å². The Morgan fingerprint density at radius 1 is 1.71 bits per heavy atom. The first kappa shape index (κ1) is 11.0. The molecule has 0 fully saturated rings. The number of H-pyrrole nitrogens is 1. The zero-order chi connectivity index (χ0) is 10.6. The van der Waals surface area contributed by atoms with E-state index in [0.717, 1.165) is 6.42 Å². The summed E-state index contributed by atoms with van der Waals surface area (Å²) < 4.78 is 5.36. The molecule has 0 aliphatic heterocycles. The average Bonchev–Trinajstić information content (AvgIpc) is 2.20. The number of hydrogen-bond donors (Lipinski definition) is 1. The molecule has 0 saturated carbocycles. The zero-order valence-electron chi connectivity index (χ0n) is 8.21. The highest BCUT2D eigenvalue weighted by Crippen LogP contribution is 2.18. The molecule has 1 aromatic rings. The molecule has 0 aliphatic carbocycles. The molecule has 0 aromatic carbocycles. The van der Waals surface area contributed by atoms with Crippen molar-refractivity contribution < 1.29 is 4.74 Å². The van der Waals surface area contributed by atoms with Crippen LogP contribution in [0.15, 0.2) is 11.0 Å². The van der Waals surface area contributed by atoms with E-state index in [-0.39, 0.29) is 5.02 Å². The van der Waals surface area contributed by atoms with Crippen LogP contribution in [-0.2, 0) is 0 Å². The van der Waals surface area contributed by atoms with Gasteiger partial charge in [0.05, 0.1) is 12.8 Å². The summed E-state index contributed by atoms with van der Waals surface area (Å²) in [6.45, 7) is 4.68. The van der Waals surface area contributed by atoms with Gasteiger partial charge in [-0.1, -0.05) is 31.9 Å². The highest BCUT2D eigenvalue weighted by Gasteiger charge is 2.07. The maximum atomic E-state index is 11.0. The molecule has 0 aliphatic rings. The molecule has 0 amide bonds. The van der Waals surface area contributed by atoms with Crippen LogP contribution in [0.3, 0.4) is 0 Å². The summed E-state index contributed by atoms with van der Waals surface area (Å²) in [6.07, 6.45) is 2.43.